The van der Waals surface area contributed by atoms with Gasteiger partial charge in [0.15, 0.2) is 0 Å². The molecule has 0 N–H and O–H groups in total. The van der Waals surface area contributed by atoms with Crippen LogP contribution < -0.4 is 0 Å². The highest BCUT2D eigenvalue weighted by atomic mass is 15.2. The molecule has 1 aromatic rings. The van der Waals surface area contributed by atoms with E-state index in [1.807, 2.05) is 6.20 Å². The summed E-state index contributed by atoms with van der Waals surface area (Å²) < 4.78 is 2.30. The van der Waals surface area contributed by atoms with Crippen molar-refractivity contribution in [3.05, 3.63) is 18.2 Å². The monoisotopic (exact) mass is 279 g/mol. The summed E-state index contributed by atoms with van der Waals surface area (Å²) in [7, 11) is 0. The minimum absolute atomic E-state index is 0.202. The van der Waals surface area contributed by atoms with Gasteiger partial charge in [-0.25, -0.2) is 4.98 Å². The summed E-state index contributed by atoms with van der Waals surface area (Å²) in [4.78, 5) is 7.05. The molecule has 0 amide bonds. The van der Waals surface area contributed by atoms with Gasteiger partial charge in [0.25, 0.3) is 0 Å². The minimum atomic E-state index is 0.202. The SMILES string of the molecule is CC(C)c1nccn1CCCN(C(C)(C)C)C(C)(C)C. The molecule has 0 aliphatic carbocycles. The third-order valence-electron chi connectivity index (χ3n) is 3.66. The number of imidazole rings is 1. The van der Waals surface area contributed by atoms with Crippen molar-refractivity contribution in [1.29, 1.82) is 0 Å². The fourth-order valence-corrected chi connectivity index (χ4v) is 3.09. The van der Waals surface area contributed by atoms with Crippen LogP contribution in [-0.4, -0.2) is 32.1 Å². The van der Waals surface area contributed by atoms with Crippen LogP contribution in [0.3, 0.4) is 0 Å². The second-order valence-corrected chi connectivity index (χ2v) is 7.98. The molecule has 0 unspecified atom stereocenters. The van der Waals surface area contributed by atoms with Crippen LogP contribution in [0.5, 0.6) is 0 Å². The van der Waals surface area contributed by atoms with Gasteiger partial charge in [-0.15, -0.1) is 0 Å². The average Bonchev–Trinajstić information content (AvgIpc) is 2.68. The first-order valence-corrected chi connectivity index (χ1v) is 7.82. The van der Waals surface area contributed by atoms with Crippen molar-refractivity contribution in [1.82, 2.24) is 14.5 Å². The van der Waals surface area contributed by atoms with Gasteiger partial charge in [0.2, 0.25) is 0 Å². The fourth-order valence-electron chi connectivity index (χ4n) is 3.09. The van der Waals surface area contributed by atoms with Gasteiger partial charge in [-0.1, -0.05) is 13.8 Å². The predicted octanol–water partition coefficient (Wildman–Crippen LogP) is 4.30. The molecule has 0 saturated carbocycles. The number of aromatic nitrogens is 2. The van der Waals surface area contributed by atoms with Gasteiger partial charge in [-0.2, -0.15) is 0 Å². The van der Waals surface area contributed by atoms with Crippen LogP contribution in [0, 0.1) is 0 Å². The summed E-state index contributed by atoms with van der Waals surface area (Å²) in [6.45, 7) is 20.4. The lowest BCUT2D eigenvalue weighted by Gasteiger charge is -2.45. The Morgan fingerprint density at radius 1 is 1.10 bits per heavy atom. The van der Waals surface area contributed by atoms with Crippen molar-refractivity contribution in [2.24, 2.45) is 0 Å². The van der Waals surface area contributed by atoms with Gasteiger partial charge in [-0.3, -0.25) is 4.90 Å². The maximum Gasteiger partial charge on any atom is 0.111 e. The minimum Gasteiger partial charge on any atom is -0.335 e. The van der Waals surface area contributed by atoms with Crippen molar-refractivity contribution >= 4 is 0 Å². The molecule has 1 aromatic heterocycles. The third-order valence-corrected chi connectivity index (χ3v) is 3.66. The van der Waals surface area contributed by atoms with Crippen LogP contribution in [0.4, 0.5) is 0 Å². The Morgan fingerprint density at radius 2 is 1.65 bits per heavy atom. The molecule has 0 aliphatic heterocycles. The number of nitrogens with zero attached hydrogens (tertiary/aromatic N) is 3. The highest BCUT2D eigenvalue weighted by Crippen LogP contribution is 2.25. The lowest BCUT2D eigenvalue weighted by molar-refractivity contribution is 0.0362. The van der Waals surface area contributed by atoms with E-state index < -0.39 is 0 Å². The Hall–Kier alpha value is -0.830. The molecule has 3 heteroatoms. The van der Waals surface area contributed by atoms with E-state index in [-0.39, 0.29) is 11.1 Å². The third kappa shape index (κ3) is 4.62. The summed E-state index contributed by atoms with van der Waals surface area (Å²) in [6, 6.07) is 0. The topological polar surface area (TPSA) is 21.1 Å². The van der Waals surface area contributed by atoms with E-state index in [1.165, 1.54) is 5.82 Å². The van der Waals surface area contributed by atoms with Crippen LogP contribution in [-0.2, 0) is 6.54 Å². The Morgan fingerprint density at radius 3 is 2.10 bits per heavy atom. The molecule has 3 nitrogen and oxygen atoms in total. The lowest BCUT2D eigenvalue weighted by Crippen LogP contribution is -2.53. The van der Waals surface area contributed by atoms with Gasteiger partial charge in [0.1, 0.15) is 5.82 Å². The van der Waals surface area contributed by atoms with Crippen LogP contribution in [0.2, 0.25) is 0 Å². The summed E-state index contributed by atoms with van der Waals surface area (Å²) in [5.41, 5.74) is 0.405. The second kappa shape index (κ2) is 6.30. The van der Waals surface area contributed by atoms with E-state index in [1.54, 1.807) is 0 Å². The summed E-state index contributed by atoms with van der Waals surface area (Å²) in [5, 5.41) is 0. The summed E-state index contributed by atoms with van der Waals surface area (Å²) in [5.74, 6) is 1.69. The van der Waals surface area contributed by atoms with Crippen LogP contribution in [0.1, 0.15) is 73.6 Å². The van der Waals surface area contributed by atoms with Crippen LogP contribution in [0.15, 0.2) is 12.4 Å². The second-order valence-electron chi connectivity index (χ2n) is 7.98. The summed E-state index contributed by atoms with van der Waals surface area (Å²) >= 11 is 0. The van der Waals surface area contributed by atoms with Gasteiger partial charge < -0.3 is 4.57 Å². The molecular weight excluding hydrogens is 246 g/mol. The Labute approximate surface area is 125 Å². The first-order valence-electron chi connectivity index (χ1n) is 7.82. The normalized spacial score (nSPS) is 13.5. The average molecular weight is 279 g/mol. The molecule has 0 spiro atoms. The molecule has 1 rings (SSSR count). The standard InChI is InChI=1S/C17H33N3/c1-14(2)15-18-10-13-19(15)11-9-12-20(16(3,4)5)17(6,7)8/h10,13-14H,9,11-12H2,1-8H3. The molecule has 0 bridgehead atoms. The Kier molecular flexibility index (Phi) is 5.42. The number of aryl methyl sites for hydroxylation is 1. The van der Waals surface area contributed by atoms with E-state index in [0.29, 0.717) is 5.92 Å². The first kappa shape index (κ1) is 17.2. The molecule has 0 fully saturated rings. The zero-order valence-electron chi connectivity index (χ0n) is 14.7. The number of hydrogen-bond acceptors (Lipinski definition) is 2. The van der Waals surface area contributed by atoms with Gasteiger partial charge in [0, 0.05) is 42.5 Å². The highest BCUT2D eigenvalue weighted by molar-refractivity contribution is 4.97. The molecule has 0 radical (unpaired) electrons. The number of hydrogen-bond donors (Lipinski definition) is 0. The van der Waals surface area contributed by atoms with E-state index >= 15 is 0 Å². The lowest BCUT2D eigenvalue weighted by atomic mass is 9.95. The van der Waals surface area contributed by atoms with E-state index in [2.05, 4.69) is 76.0 Å². The zero-order chi connectivity index (χ0) is 15.6. The Balaban J connectivity index is 2.64. The van der Waals surface area contributed by atoms with Gasteiger partial charge in [-0.05, 0) is 48.0 Å². The molecular formula is C17H33N3. The molecule has 0 aliphatic rings. The highest BCUT2D eigenvalue weighted by Gasteiger charge is 2.30. The molecule has 1 heterocycles. The predicted molar refractivity (Wildman–Crippen MR) is 87.1 cm³/mol. The molecule has 0 atom stereocenters. The van der Waals surface area contributed by atoms with Gasteiger partial charge >= 0.3 is 0 Å². The molecule has 0 saturated heterocycles. The quantitative estimate of drug-likeness (QED) is 0.801. The van der Waals surface area contributed by atoms with Crippen LogP contribution in [0.25, 0.3) is 0 Å². The van der Waals surface area contributed by atoms with E-state index in [9.17, 15) is 0 Å². The summed E-state index contributed by atoms with van der Waals surface area (Å²) in [6.07, 6.45) is 5.18. The van der Waals surface area contributed by atoms with Crippen molar-refractivity contribution in [3.63, 3.8) is 0 Å². The van der Waals surface area contributed by atoms with E-state index in [4.69, 9.17) is 0 Å². The van der Waals surface area contributed by atoms with Crippen LogP contribution >= 0.6 is 0 Å². The van der Waals surface area contributed by atoms with Crippen molar-refractivity contribution in [3.8, 4) is 0 Å². The fraction of sp³-hybridized carbons (Fsp3) is 0.824. The van der Waals surface area contributed by atoms with E-state index in [0.717, 1.165) is 19.5 Å². The first-order chi connectivity index (χ1) is 9.03. The molecule has 0 aromatic carbocycles. The molecule has 116 valence electrons. The Bertz CT molecular complexity index is 391. The largest absolute Gasteiger partial charge is 0.335 e. The number of rotatable bonds is 5. The van der Waals surface area contributed by atoms with Crippen molar-refractivity contribution in [2.45, 2.75) is 85.4 Å². The van der Waals surface area contributed by atoms with Gasteiger partial charge in [0.05, 0.1) is 0 Å². The van der Waals surface area contributed by atoms with Crippen molar-refractivity contribution in [2.75, 3.05) is 6.54 Å². The molecule has 20 heavy (non-hydrogen) atoms. The maximum absolute atomic E-state index is 4.46. The zero-order valence-corrected chi connectivity index (χ0v) is 14.7. The van der Waals surface area contributed by atoms with Crippen molar-refractivity contribution < 1.29 is 0 Å². The maximum atomic E-state index is 4.46. The smallest absolute Gasteiger partial charge is 0.111 e.